The molecule has 96 valence electrons. The molecule has 0 aromatic rings. The number of halogens is 4. The van der Waals surface area contributed by atoms with Gasteiger partial charge in [0.15, 0.2) is 0 Å². The summed E-state index contributed by atoms with van der Waals surface area (Å²) >= 11 is 5.80. The van der Waals surface area contributed by atoms with Crippen molar-refractivity contribution in [1.29, 1.82) is 0 Å². The maximum Gasteiger partial charge on any atom is 0.392 e. The molecule has 1 saturated carbocycles. The van der Waals surface area contributed by atoms with Gasteiger partial charge in [-0.3, -0.25) is 0 Å². The molecule has 1 aliphatic rings. The van der Waals surface area contributed by atoms with Crippen LogP contribution in [-0.4, -0.2) is 12.1 Å². The average Bonchev–Trinajstić information content (AvgIpc) is 2.77. The molecule has 0 bridgehead atoms. The second-order valence-electron chi connectivity index (χ2n) is 5.39. The fourth-order valence-electron chi connectivity index (χ4n) is 2.65. The molecule has 16 heavy (non-hydrogen) atoms. The van der Waals surface area contributed by atoms with Gasteiger partial charge in [-0.1, -0.05) is 27.2 Å². The van der Waals surface area contributed by atoms with Crippen LogP contribution in [0.25, 0.3) is 0 Å². The summed E-state index contributed by atoms with van der Waals surface area (Å²) in [7, 11) is 0. The first-order chi connectivity index (χ1) is 7.29. The van der Waals surface area contributed by atoms with Crippen LogP contribution in [0, 0.1) is 29.6 Å². The lowest BCUT2D eigenvalue weighted by molar-refractivity contribution is -0.154. The van der Waals surface area contributed by atoms with Crippen molar-refractivity contribution in [2.75, 3.05) is 5.88 Å². The number of alkyl halides is 4. The lowest BCUT2D eigenvalue weighted by atomic mass is 9.93. The molecule has 0 aromatic heterocycles. The molecule has 4 heteroatoms. The summed E-state index contributed by atoms with van der Waals surface area (Å²) in [6.45, 7) is 5.86. The number of rotatable bonds is 5. The van der Waals surface area contributed by atoms with Crippen LogP contribution >= 0.6 is 11.6 Å². The first kappa shape index (κ1) is 14.1. The van der Waals surface area contributed by atoms with Crippen LogP contribution in [0.3, 0.4) is 0 Å². The van der Waals surface area contributed by atoms with Gasteiger partial charge in [-0.05, 0) is 30.1 Å². The molecule has 0 aromatic carbocycles. The highest BCUT2D eigenvalue weighted by molar-refractivity contribution is 6.18. The molecule has 0 radical (unpaired) electrons. The van der Waals surface area contributed by atoms with Gasteiger partial charge in [-0.2, -0.15) is 13.2 Å². The normalized spacial score (nSPS) is 31.9. The fourth-order valence-corrected chi connectivity index (χ4v) is 3.01. The second-order valence-corrected chi connectivity index (χ2v) is 5.70. The Balaban J connectivity index is 2.50. The predicted octanol–water partition coefficient (Wildman–Crippen LogP) is 4.72. The lowest BCUT2D eigenvalue weighted by Crippen LogP contribution is -2.16. The molecule has 0 unspecified atom stereocenters. The Hall–Kier alpha value is 0.0800. The van der Waals surface area contributed by atoms with E-state index in [0.717, 1.165) is 12.8 Å². The minimum absolute atomic E-state index is 0.0330. The number of hydrogen-bond acceptors (Lipinski definition) is 0. The van der Waals surface area contributed by atoms with Crippen LogP contribution in [0.4, 0.5) is 13.2 Å². The minimum atomic E-state index is -4.04. The largest absolute Gasteiger partial charge is 0.392 e. The molecule has 0 aliphatic heterocycles. The highest BCUT2D eigenvalue weighted by Gasteiger charge is 2.63. The van der Waals surface area contributed by atoms with Crippen LogP contribution in [0.1, 0.15) is 33.6 Å². The van der Waals surface area contributed by atoms with E-state index in [4.69, 9.17) is 11.6 Å². The Morgan fingerprint density at radius 3 is 2.06 bits per heavy atom. The summed E-state index contributed by atoms with van der Waals surface area (Å²) in [5, 5.41) is 0. The molecule has 1 aliphatic carbocycles. The standard InChI is InChI=1S/C12H20ClF3/c1-7(2)4-5-9(6-13)10-8(3)11(10)12(14,15)16/h7-11H,4-6H2,1-3H3/t8-,9+,10+,11-/m0/s1. The van der Waals surface area contributed by atoms with Crippen molar-refractivity contribution in [1.82, 2.24) is 0 Å². The van der Waals surface area contributed by atoms with Crippen molar-refractivity contribution >= 4 is 11.6 Å². The summed E-state index contributed by atoms with van der Waals surface area (Å²) in [5.41, 5.74) is 0. The van der Waals surface area contributed by atoms with Crippen molar-refractivity contribution in [3.05, 3.63) is 0 Å². The van der Waals surface area contributed by atoms with E-state index < -0.39 is 12.1 Å². The van der Waals surface area contributed by atoms with E-state index >= 15 is 0 Å². The Bertz CT molecular complexity index is 225. The monoisotopic (exact) mass is 256 g/mol. The highest BCUT2D eigenvalue weighted by atomic mass is 35.5. The first-order valence-electron chi connectivity index (χ1n) is 5.91. The van der Waals surface area contributed by atoms with E-state index in [1.54, 1.807) is 6.92 Å². The van der Waals surface area contributed by atoms with E-state index in [1.807, 2.05) is 0 Å². The molecule has 1 fully saturated rings. The third kappa shape index (κ3) is 3.28. The van der Waals surface area contributed by atoms with Gasteiger partial charge in [0.05, 0.1) is 5.92 Å². The molecular weight excluding hydrogens is 237 g/mol. The van der Waals surface area contributed by atoms with Crippen molar-refractivity contribution in [3.63, 3.8) is 0 Å². The average molecular weight is 257 g/mol. The maximum absolute atomic E-state index is 12.6. The molecule has 0 heterocycles. The Morgan fingerprint density at radius 2 is 1.75 bits per heavy atom. The lowest BCUT2D eigenvalue weighted by Gasteiger charge is -2.16. The molecule has 1 rings (SSSR count). The fraction of sp³-hybridized carbons (Fsp3) is 1.00. The Morgan fingerprint density at radius 1 is 1.19 bits per heavy atom. The van der Waals surface area contributed by atoms with Gasteiger partial charge in [0.1, 0.15) is 0 Å². The second kappa shape index (κ2) is 5.16. The van der Waals surface area contributed by atoms with Crippen LogP contribution in [0.15, 0.2) is 0 Å². The van der Waals surface area contributed by atoms with Gasteiger partial charge in [0, 0.05) is 5.88 Å². The van der Waals surface area contributed by atoms with E-state index in [2.05, 4.69) is 13.8 Å². The third-order valence-electron chi connectivity index (χ3n) is 3.68. The molecule has 0 spiro atoms. The van der Waals surface area contributed by atoms with Gasteiger partial charge in [0.2, 0.25) is 0 Å². The van der Waals surface area contributed by atoms with Crippen molar-refractivity contribution < 1.29 is 13.2 Å². The quantitative estimate of drug-likeness (QED) is 0.624. The molecule has 0 nitrogen and oxygen atoms in total. The van der Waals surface area contributed by atoms with Gasteiger partial charge in [-0.25, -0.2) is 0 Å². The van der Waals surface area contributed by atoms with Crippen LogP contribution in [0.2, 0.25) is 0 Å². The zero-order valence-corrected chi connectivity index (χ0v) is 10.8. The Labute approximate surface area is 101 Å². The summed E-state index contributed by atoms with van der Waals surface area (Å²) < 4.78 is 37.8. The number of hydrogen-bond donors (Lipinski definition) is 0. The smallest absolute Gasteiger partial charge is 0.171 e. The van der Waals surface area contributed by atoms with Crippen LogP contribution < -0.4 is 0 Å². The summed E-state index contributed by atoms with van der Waals surface area (Å²) in [4.78, 5) is 0. The van der Waals surface area contributed by atoms with Crippen molar-refractivity contribution in [2.45, 2.75) is 39.8 Å². The minimum Gasteiger partial charge on any atom is -0.171 e. The van der Waals surface area contributed by atoms with E-state index in [9.17, 15) is 13.2 Å². The maximum atomic E-state index is 12.6. The molecule has 0 saturated heterocycles. The van der Waals surface area contributed by atoms with E-state index in [0.29, 0.717) is 11.8 Å². The summed E-state index contributed by atoms with van der Waals surface area (Å²) in [6.07, 6.45) is -2.25. The summed E-state index contributed by atoms with van der Waals surface area (Å²) in [5.74, 6) is -0.667. The SMILES string of the molecule is CC(C)CC[C@H](CCl)[C@H]1[C@H](C)[C@@H]1C(F)(F)F. The van der Waals surface area contributed by atoms with Gasteiger partial charge < -0.3 is 0 Å². The van der Waals surface area contributed by atoms with Crippen molar-refractivity contribution in [2.24, 2.45) is 29.6 Å². The first-order valence-corrected chi connectivity index (χ1v) is 6.45. The van der Waals surface area contributed by atoms with Crippen molar-refractivity contribution in [3.8, 4) is 0 Å². The van der Waals surface area contributed by atoms with Crippen LogP contribution in [0.5, 0.6) is 0 Å². The predicted molar refractivity (Wildman–Crippen MR) is 60.5 cm³/mol. The van der Waals surface area contributed by atoms with E-state index in [1.165, 1.54) is 0 Å². The highest BCUT2D eigenvalue weighted by Crippen LogP contribution is 2.59. The van der Waals surface area contributed by atoms with Gasteiger partial charge in [0.25, 0.3) is 0 Å². The molecule has 0 amide bonds. The van der Waals surface area contributed by atoms with Gasteiger partial charge >= 0.3 is 6.18 Å². The van der Waals surface area contributed by atoms with Crippen LogP contribution in [-0.2, 0) is 0 Å². The molecular formula is C12H20ClF3. The van der Waals surface area contributed by atoms with E-state index in [-0.39, 0.29) is 17.8 Å². The molecule has 4 atom stereocenters. The zero-order valence-electron chi connectivity index (χ0n) is 10.0. The Kier molecular flexibility index (Phi) is 4.56. The van der Waals surface area contributed by atoms with Gasteiger partial charge in [-0.15, -0.1) is 11.6 Å². The molecule has 0 N–H and O–H groups in total. The third-order valence-corrected chi connectivity index (χ3v) is 4.08. The summed E-state index contributed by atoms with van der Waals surface area (Å²) in [6, 6.07) is 0. The topological polar surface area (TPSA) is 0 Å². The zero-order chi connectivity index (χ0) is 12.5.